The summed E-state index contributed by atoms with van der Waals surface area (Å²) in [5, 5.41) is 2.72. The van der Waals surface area contributed by atoms with Gasteiger partial charge < -0.3 is 29.2 Å². The molecule has 3 heterocycles. The minimum Gasteiger partial charge on any atom is -0.468 e. The number of carbonyl (C=O) groups excluding carboxylic acids is 1. The third-order valence-electron chi connectivity index (χ3n) is 6.05. The van der Waals surface area contributed by atoms with Gasteiger partial charge in [-0.1, -0.05) is 32.0 Å². The lowest BCUT2D eigenvalue weighted by Crippen LogP contribution is -2.42. The number of fused-ring (bicyclic) bond motifs is 1. The van der Waals surface area contributed by atoms with Crippen LogP contribution in [0.3, 0.4) is 0 Å². The van der Waals surface area contributed by atoms with Crippen molar-refractivity contribution < 1.29 is 37.4 Å². The van der Waals surface area contributed by atoms with E-state index in [2.05, 4.69) is 10.1 Å². The van der Waals surface area contributed by atoms with Gasteiger partial charge in [0.1, 0.15) is 35.9 Å². The maximum Gasteiger partial charge on any atom is 0.459 e. The lowest BCUT2D eigenvalue weighted by Gasteiger charge is -2.28. The van der Waals surface area contributed by atoms with Crippen molar-refractivity contribution in [3.05, 3.63) is 53.1 Å². The summed E-state index contributed by atoms with van der Waals surface area (Å²) in [5.41, 5.74) is 5.00. The summed E-state index contributed by atoms with van der Waals surface area (Å²) in [7, 11) is -2.93. The van der Waals surface area contributed by atoms with Gasteiger partial charge in [0, 0.05) is 6.20 Å². The van der Waals surface area contributed by atoms with Gasteiger partial charge in [-0.3, -0.25) is 13.9 Å². The van der Waals surface area contributed by atoms with E-state index in [9.17, 15) is 14.2 Å². The lowest BCUT2D eigenvalue weighted by molar-refractivity contribution is -0.200. The predicted molar refractivity (Wildman–Crippen MR) is 135 cm³/mol. The molecule has 4 rings (SSSR count). The van der Waals surface area contributed by atoms with Crippen LogP contribution in [0.2, 0.25) is 0 Å². The highest BCUT2D eigenvalue weighted by atomic mass is 31.2. The molecule has 208 valence electrons. The van der Waals surface area contributed by atoms with Gasteiger partial charge in [0.2, 0.25) is 0 Å². The highest BCUT2D eigenvalue weighted by molar-refractivity contribution is 7.52. The van der Waals surface area contributed by atoms with Gasteiger partial charge in [-0.2, -0.15) is 10.1 Å². The zero-order valence-corrected chi connectivity index (χ0v) is 22.7. The van der Waals surface area contributed by atoms with Crippen LogP contribution in [0.15, 0.2) is 47.4 Å². The molecule has 38 heavy (non-hydrogen) atoms. The molecule has 2 saturated heterocycles. The molecule has 2 unspecified atom stereocenters. The SMILES string of the molecule is COC(=O)C(NP(=O)(OC[C@H]1O[C@@H](n2ccc(N)nc2=O)[C@@H]2OC(C)(C)O[C@@H]21)Oc1ccccc1)C(C)C. The number of anilines is 1. The van der Waals surface area contributed by atoms with E-state index in [-0.39, 0.29) is 24.1 Å². The molecule has 6 atom stereocenters. The highest BCUT2D eigenvalue weighted by Crippen LogP contribution is 2.48. The molecule has 3 N–H and O–H groups in total. The Bertz CT molecular complexity index is 1240. The number of benzene rings is 1. The Balaban J connectivity index is 1.59. The van der Waals surface area contributed by atoms with Crippen molar-refractivity contribution in [1.82, 2.24) is 14.6 Å². The number of hydrogen-bond acceptors (Lipinski definition) is 11. The second-order valence-electron chi connectivity index (χ2n) is 9.74. The van der Waals surface area contributed by atoms with E-state index in [1.807, 2.05) is 0 Å². The topological polar surface area (TPSA) is 162 Å². The minimum atomic E-state index is -4.17. The van der Waals surface area contributed by atoms with Crippen LogP contribution < -0.4 is 21.0 Å². The quantitative estimate of drug-likeness (QED) is 0.327. The molecule has 1 aromatic carbocycles. The van der Waals surface area contributed by atoms with Crippen LogP contribution in [-0.4, -0.2) is 59.4 Å². The lowest BCUT2D eigenvalue weighted by atomic mass is 10.1. The number of esters is 1. The maximum absolute atomic E-state index is 14.0. The number of rotatable bonds is 10. The van der Waals surface area contributed by atoms with Gasteiger partial charge >= 0.3 is 19.4 Å². The van der Waals surface area contributed by atoms with Crippen LogP contribution in [0.5, 0.6) is 5.75 Å². The summed E-state index contributed by atoms with van der Waals surface area (Å²) in [6.07, 6.45) is -1.63. The molecule has 0 bridgehead atoms. The molecule has 2 aliphatic heterocycles. The summed E-state index contributed by atoms with van der Waals surface area (Å²) < 4.78 is 49.8. The molecule has 2 fully saturated rings. The molecule has 0 aliphatic carbocycles. The van der Waals surface area contributed by atoms with Crippen molar-refractivity contribution in [1.29, 1.82) is 0 Å². The third kappa shape index (κ3) is 6.25. The summed E-state index contributed by atoms with van der Waals surface area (Å²) in [4.78, 5) is 28.7. The molecule has 14 heteroatoms. The predicted octanol–water partition coefficient (Wildman–Crippen LogP) is 2.23. The largest absolute Gasteiger partial charge is 0.468 e. The van der Waals surface area contributed by atoms with Crippen LogP contribution in [0.1, 0.15) is 33.9 Å². The number of nitrogens with two attached hydrogens (primary N) is 1. The maximum atomic E-state index is 14.0. The Morgan fingerprint density at radius 2 is 1.89 bits per heavy atom. The first kappa shape index (κ1) is 28.2. The standard InChI is InChI=1S/C24H33N4O9P/c1-14(2)18(22(29)32-5)27-38(31,37-15-9-7-6-8-10-15)33-13-16-19-20(36-24(3,4)35-19)21(34-16)28-12-11-17(25)26-23(28)30/h6-12,14,16,18-21H,13H2,1-5H3,(H,27,31)(H2,25,26,30)/t16-,18?,19-,20-,21-,38?/m1/s1. The second kappa shape index (κ2) is 11.1. The Hall–Kier alpha value is -2.80. The molecule has 2 aliphatic rings. The average molecular weight is 553 g/mol. The Morgan fingerprint density at radius 3 is 2.53 bits per heavy atom. The van der Waals surface area contributed by atoms with Crippen LogP contribution >= 0.6 is 7.75 Å². The molecule has 0 spiro atoms. The van der Waals surface area contributed by atoms with Gasteiger partial charge in [0.25, 0.3) is 0 Å². The molecular weight excluding hydrogens is 519 g/mol. The fourth-order valence-corrected chi connectivity index (χ4v) is 5.96. The van der Waals surface area contributed by atoms with Crippen molar-refractivity contribution in [3.8, 4) is 5.75 Å². The molecule has 2 aromatic rings. The van der Waals surface area contributed by atoms with E-state index in [4.69, 9.17) is 33.7 Å². The van der Waals surface area contributed by atoms with Gasteiger partial charge in [0.15, 0.2) is 12.0 Å². The number of para-hydroxylation sites is 1. The van der Waals surface area contributed by atoms with E-state index in [1.54, 1.807) is 58.0 Å². The Morgan fingerprint density at radius 1 is 1.21 bits per heavy atom. The number of nitrogens with zero attached hydrogens (tertiary/aromatic N) is 2. The summed E-state index contributed by atoms with van der Waals surface area (Å²) in [6, 6.07) is 8.89. The molecule has 1 aromatic heterocycles. The van der Waals surface area contributed by atoms with Gasteiger partial charge in [-0.15, -0.1) is 0 Å². The van der Waals surface area contributed by atoms with Gasteiger partial charge in [0.05, 0.1) is 13.7 Å². The van der Waals surface area contributed by atoms with Crippen molar-refractivity contribution in [3.63, 3.8) is 0 Å². The zero-order chi connectivity index (χ0) is 27.7. The molecule has 0 amide bonds. The van der Waals surface area contributed by atoms with Crippen LogP contribution in [-0.2, 0) is 32.8 Å². The number of methoxy groups -OCH3 is 1. The first-order valence-corrected chi connectivity index (χ1v) is 13.7. The minimum absolute atomic E-state index is 0.0694. The second-order valence-corrected chi connectivity index (χ2v) is 11.4. The van der Waals surface area contributed by atoms with E-state index in [0.29, 0.717) is 0 Å². The number of ether oxygens (including phenoxy) is 4. The Labute approximate surface area is 220 Å². The van der Waals surface area contributed by atoms with E-state index in [0.717, 1.165) is 0 Å². The zero-order valence-electron chi connectivity index (χ0n) is 21.8. The summed E-state index contributed by atoms with van der Waals surface area (Å²) >= 11 is 0. The van der Waals surface area contributed by atoms with Crippen LogP contribution in [0.25, 0.3) is 0 Å². The number of carbonyl (C=O) groups is 1. The number of aromatic nitrogens is 2. The molecule has 13 nitrogen and oxygen atoms in total. The fourth-order valence-electron chi connectivity index (χ4n) is 4.29. The average Bonchev–Trinajstić information content (AvgIpc) is 3.34. The van der Waals surface area contributed by atoms with Gasteiger partial charge in [-0.05, 0) is 38.0 Å². The van der Waals surface area contributed by atoms with Crippen LogP contribution in [0.4, 0.5) is 5.82 Å². The monoisotopic (exact) mass is 552 g/mol. The third-order valence-corrected chi connectivity index (χ3v) is 7.58. The Kier molecular flexibility index (Phi) is 8.26. The normalized spacial score (nSPS) is 26.5. The number of hydrogen-bond donors (Lipinski definition) is 2. The van der Waals surface area contributed by atoms with Crippen LogP contribution in [0, 0.1) is 5.92 Å². The van der Waals surface area contributed by atoms with Crippen molar-refractivity contribution >= 4 is 19.5 Å². The number of nitrogens with one attached hydrogen (secondary N) is 1. The van der Waals surface area contributed by atoms with Crippen molar-refractivity contribution in [2.24, 2.45) is 5.92 Å². The number of nitrogen functional groups attached to an aromatic ring is 1. The van der Waals surface area contributed by atoms with E-state index < -0.39 is 55.8 Å². The molecular formula is C24H33N4O9P. The first-order chi connectivity index (χ1) is 17.9. The van der Waals surface area contributed by atoms with Crippen molar-refractivity contribution in [2.45, 2.75) is 64.1 Å². The van der Waals surface area contributed by atoms with Gasteiger partial charge in [-0.25, -0.2) is 9.36 Å². The van der Waals surface area contributed by atoms with E-state index in [1.165, 1.54) is 23.9 Å². The fraction of sp³-hybridized carbons (Fsp3) is 0.542. The smallest absolute Gasteiger partial charge is 0.459 e. The van der Waals surface area contributed by atoms with Crippen molar-refractivity contribution in [2.75, 3.05) is 19.5 Å². The molecule has 0 saturated carbocycles. The first-order valence-electron chi connectivity index (χ1n) is 12.1. The summed E-state index contributed by atoms with van der Waals surface area (Å²) in [5.74, 6) is -1.56. The summed E-state index contributed by atoms with van der Waals surface area (Å²) in [6.45, 7) is 6.72. The van der Waals surface area contributed by atoms with E-state index >= 15 is 0 Å². The highest BCUT2D eigenvalue weighted by Gasteiger charge is 2.56. The molecule has 0 radical (unpaired) electrons.